The van der Waals surface area contributed by atoms with Crippen LogP contribution in [-0.4, -0.2) is 22.1 Å². The second-order valence-corrected chi connectivity index (χ2v) is 6.35. The molecule has 0 bridgehead atoms. The van der Waals surface area contributed by atoms with E-state index in [1.54, 1.807) is 23.3 Å². The van der Waals surface area contributed by atoms with Gasteiger partial charge in [-0.05, 0) is 31.0 Å². The van der Waals surface area contributed by atoms with Crippen LogP contribution in [0.5, 0.6) is 5.75 Å². The molecule has 128 valence electrons. The van der Waals surface area contributed by atoms with E-state index in [1.165, 1.54) is 19.3 Å². The molecule has 2 amide bonds. The van der Waals surface area contributed by atoms with Gasteiger partial charge in [0.25, 0.3) is 0 Å². The number of benzene rings is 1. The fourth-order valence-corrected chi connectivity index (χ4v) is 3.15. The highest BCUT2D eigenvalue weighted by atomic mass is 16.3. The third kappa shape index (κ3) is 4.31. The molecular weight excluding hydrogens is 304 g/mol. The average Bonchev–Trinajstić information content (AvgIpc) is 3.10. The zero-order chi connectivity index (χ0) is 16.8. The molecule has 24 heavy (non-hydrogen) atoms. The van der Waals surface area contributed by atoms with E-state index < -0.39 is 0 Å². The second-order valence-electron chi connectivity index (χ2n) is 6.35. The van der Waals surface area contributed by atoms with Gasteiger partial charge in [-0.2, -0.15) is 0 Å². The lowest BCUT2D eigenvalue weighted by molar-refractivity contribution is 0.179. The number of urea groups is 1. The van der Waals surface area contributed by atoms with Crippen molar-refractivity contribution in [2.45, 2.75) is 51.2 Å². The average molecular weight is 328 g/mol. The Kier molecular flexibility index (Phi) is 5.41. The van der Waals surface area contributed by atoms with Crippen LogP contribution in [0, 0.1) is 0 Å². The molecule has 0 atom stereocenters. The van der Waals surface area contributed by atoms with Crippen molar-refractivity contribution in [3.8, 4) is 5.75 Å². The maximum Gasteiger partial charge on any atom is 0.318 e. The molecule has 0 saturated heterocycles. The molecule has 0 unspecified atom stereocenters. The van der Waals surface area contributed by atoms with Crippen LogP contribution in [0.2, 0.25) is 0 Å². The van der Waals surface area contributed by atoms with Gasteiger partial charge in [0.2, 0.25) is 0 Å². The molecule has 5 heteroatoms. The van der Waals surface area contributed by atoms with Gasteiger partial charge in [0.15, 0.2) is 0 Å². The minimum Gasteiger partial charge on any atom is -0.508 e. The largest absolute Gasteiger partial charge is 0.508 e. The van der Waals surface area contributed by atoms with Crippen molar-refractivity contribution < 1.29 is 14.3 Å². The van der Waals surface area contributed by atoms with E-state index in [0.717, 1.165) is 24.2 Å². The van der Waals surface area contributed by atoms with E-state index in [0.29, 0.717) is 13.1 Å². The number of hydrogen-bond donors (Lipinski definition) is 2. The molecule has 3 rings (SSSR count). The minimum atomic E-state index is -0.110. The van der Waals surface area contributed by atoms with Crippen LogP contribution in [-0.2, 0) is 13.1 Å². The molecule has 0 aliphatic heterocycles. The van der Waals surface area contributed by atoms with Crippen LogP contribution < -0.4 is 5.32 Å². The van der Waals surface area contributed by atoms with Crippen LogP contribution in [0.15, 0.2) is 47.1 Å². The van der Waals surface area contributed by atoms with Crippen molar-refractivity contribution in [1.82, 2.24) is 10.2 Å². The summed E-state index contributed by atoms with van der Waals surface area (Å²) in [4.78, 5) is 14.4. The number of phenols is 1. The molecular formula is C19H24N2O3. The maximum absolute atomic E-state index is 12.7. The van der Waals surface area contributed by atoms with Crippen molar-refractivity contribution in [3.63, 3.8) is 0 Å². The predicted molar refractivity (Wildman–Crippen MR) is 91.5 cm³/mol. The zero-order valence-electron chi connectivity index (χ0n) is 13.8. The third-order valence-corrected chi connectivity index (χ3v) is 4.50. The second kappa shape index (κ2) is 7.90. The topological polar surface area (TPSA) is 65.7 Å². The van der Waals surface area contributed by atoms with Crippen molar-refractivity contribution in [1.29, 1.82) is 0 Å². The number of phenolic OH excluding ortho intramolecular Hbond substituents is 1. The van der Waals surface area contributed by atoms with Crippen molar-refractivity contribution in [2.75, 3.05) is 0 Å². The summed E-state index contributed by atoms with van der Waals surface area (Å²) in [5.41, 5.74) is 0.725. The third-order valence-electron chi connectivity index (χ3n) is 4.50. The maximum atomic E-state index is 12.7. The van der Waals surface area contributed by atoms with Crippen molar-refractivity contribution in [3.05, 3.63) is 54.0 Å². The standard InChI is InChI=1S/C19H24N2O3/c22-18-11-5-4-7-15(18)13-21(14-17-10-6-12-24-17)19(23)20-16-8-2-1-3-9-16/h4-7,10-12,16,22H,1-3,8-9,13-14H2,(H,20,23). The lowest BCUT2D eigenvalue weighted by Gasteiger charge is -2.28. The summed E-state index contributed by atoms with van der Waals surface area (Å²) < 4.78 is 5.39. The van der Waals surface area contributed by atoms with Crippen LogP contribution in [0.4, 0.5) is 4.79 Å². The van der Waals surface area contributed by atoms with E-state index >= 15 is 0 Å². The molecule has 1 aliphatic rings. The number of nitrogens with zero attached hydrogens (tertiary/aromatic N) is 1. The van der Waals surface area contributed by atoms with E-state index in [9.17, 15) is 9.90 Å². The monoisotopic (exact) mass is 328 g/mol. The van der Waals surface area contributed by atoms with Gasteiger partial charge in [0, 0.05) is 11.6 Å². The van der Waals surface area contributed by atoms with Gasteiger partial charge in [-0.3, -0.25) is 0 Å². The summed E-state index contributed by atoms with van der Waals surface area (Å²) in [6.45, 7) is 0.714. The first-order chi connectivity index (χ1) is 11.7. The Hall–Kier alpha value is -2.43. The summed E-state index contributed by atoms with van der Waals surface area (Å²) >= 11 is 0. The van der Waals surface area contributed by atoms with E-state index in [1.807, 2.05) is 24.3 Å². The van der Waals surface area contributed by atoms with E-state index in [-0.39, 0.29) is 17.8 Å². The Morgan fingerprint density at radius 1 is 1.12 bits per heavy atom. The Balaban J connectivity index is 1.71. The van der Waals surface area contributed by atoms with Crippen LogP contribution >= 0.6 is 0 Å². The van der Waals surface area contributed by atoms with Gasteiger partial charge in [-0.15, -0.1) is 0 Å². The molecule has 1 aliphatic carbocycles. The lowest BCUT2D eigenvalue weighted by Crippen LogP contribution is -2.44. The Morgan fingerprint density at radius 2 is 1.92 bits per heavy atom. The number of furan rings is 1. The number of amides is 2. The zero-order valence-corrected chi connectivity index (χ0v) is 13.8. The molecule has 0 spiro atoms. The number of nitrogens with one attached hydrogen (secondary N) is 1. The van der Waals surface area contributed by atoms with E-state index in [4.69, 9.17) is 4.42 Å². The highest BCUT2D eigenvalue weighted by Crippen LogP contribution is 2.21. The number of para-hydroxylation sites is 1. The molecule has 5 nitrogen and oxygen atoms in total. The summed E-state index contributed by atoms with van der Waals surface area (Å²) in [5.74, 6) is 0.927. The molecule has 1 fully saturated rings. The van der Waals surface area contributed by atoms with Crippen LogP contribution in [0.25, 0.3) is 0 Å². The molecule has 1 aromatic heterocycles. The van der Waals surface area contributed by atoms with Gasteiger partial charge < -0.3 is 19.7 Å². The summed E-state index contributed by atoms with van der Waals surface area (Å²) in [6, 6.07) is 10.9. The Morgan fingerprint density at radius 3 is 2.62 bits per heavy atom. The highest BCUT2D eigenvalue weighted by molar-refractivity contribution is 5.74. The highest BCUT2D eigenvalue weighted by Gasteiger charge is 2.21. The number of hydrogen-bond acceptors (Lipinski definition) is 3. The fraction of sp³-hybridized carbons (Fsp3) is 0.421. The number of carbonyl (C=O) groups excluding carboxylic acids is 1. The van der Waals surface area contributed by atoms with Crippen molar-refractivity contribution in [2.24, 2.45) is 0 Å². The molecule has 1 heterocycles. The van der Waals surface area contributed by atoms with Gasteiger partial charge in [0.05, 0.1) is 19.4 Å². The van der Waals surface area contributed by atoms with E-state index in [2.05, 4.69) is 5.32 Å². The Labute approximate surface area is 142 Å². The molecule has 0 radical (unpaired) electrons. The molecule has 2 aromatic rings. The lowest BCUT2D eigenvalue weighted by atomic mass is 9.96. The SMILES string of the molecule is O=C(NC1CCCCC1)N(Cc1ccco1)Cc1ccccc1O. The van der Waals surface area contributed by atoms with Crippen LogP contribution in [0.3, 0.4) is 0 Å². The quantitative estimate of drug-likeness (QED) is 0.871. The van der Waals surface area contributed by atoms with Crippen LogP contribution in [0.1, 0.15) is 43.4 Å². The first kappa shape index (κ1) is 16.4. The van der Waals surface area contributed by atoms with Gasteiger partial charge in [-0.25, -0.2) is 4.79 Å². The number of rotatable bonds is 5. The summed E-state index contributed by atoms with van der Waals surface area (Å²) in [6.07, 6.45) is 7.27. The molecule has 1 saturated carbocycles. The normalized spacial score (nSPS) is 15.2. The smallest absolute Gasteiger partial charge is 0.318 e. The van der Waals surface area contributed by atoms with Gasteiger partial charge in [-0.1, -0.05) is 37.5 Å². The van der Waals surface area contributed by atoms with Gasteiger partial charge in [0.1, 0.15) is 11.5 Å². The minimum absolute atomic E-state index is 0.110. The molecule has 1 aromatic carbocycles. The number of aromatic hydroxyl groups is 1. The predicted octanol–water partition coefficient (Wildman–Crippen LogP) is 4.03. The fourth-order valence-electron chi connectivity index (χ4n) is 3.15. The summed E-state index contributed by atoms with van der Waals surface area (Å²) in [7, 11) is 0. The van der Waals surface area contributed by atoms with Crippen molar-refractivity contribution >= 4 is 6.03 Å². The number of carbonyl (C=O) groups is 1. The Bertz CT molecular complexity index is 648. The first-order valence-corrected chi connectivity index (χ1v) is 8.57. The molecule has 2 N–H and O–H groups in total. The van der Waals surface area contributed by atoms with Gasteiger partial charge >= 0.3 is 6.03 Å². The first-order valence-electron chi connectivity index (χ1n) is 8.57. The summed E-state index contributed by atoms with van der Waals surface area (Å²) in [5, 5.41) is 13.1.